The lowest BCUT2D eigenvalue weighted by atomic mass is 10.3. The van der Waals surface area contributed by atoms with Crippen LogP contribution in [0.15, 0.2) is 22.1 Å². The first-order chi connectivity index (χ1) is 8.83. The molecule has 5 heteroatoms. The van der Waals surface area contributed by atoms with Gasteiger partial charge in [0.2, 0.25) is 0 Å². The average molecular weight is 266 g/mol. The number of hydrogen-bond acceptors (Lipinski definition) is 5. The Balaban J connectivity index is 1.93. The Kier molecular flexibility index (Phi) is 4.78. The Hall–Kier alpha value is -1.33. The van der Waals surface area contributed by atoms with Crippen molar-refractivity contribution in [3.05, 3.63) is 23.5 Å². The van der Waals surface area contributed by atoms with E-state index in [0.29, 0.717) is 0 Å². The van der Waals surface area contributed by atoms with Crippen LogP contribution in [0.25, 0.3) is 10.6 Å². The van der Waals surface area contributed by atoms with Crippen molar-refractivity contribution >= 4 is 11.3 Å². The van der Waals surface area contributed by atoms with Gasteiger partial charge in [-0.1, -0.05) is 6.92 Å². The van der Waals surface area contributed by atoms with Gasteiger partial charge in [-0.3, -0.25) is 0 Å². The van der Waals surface area contributed by atoms with Crippen LogP contribution in [0.2, 0.25) is 0 Å². The zero-order valence-corrected chi connectivity index (χ0v) is 11.5. The zero-order chi connectivity index (χ0) is 12.8. The van der Waals surface area contributed by atoms with Crippen molar-refractivity contribution in [2.75, 3.05) is 20.2 Å². The third-order valence-corrected chi connectivity index (χ3v) is 3.52. The second-order valence-electron chi connectivity index (χ2n) is 3.93. The summed E-state index contributed by atoms with van der Waals surface area (Å²) >= 11 is 1.60. The van der Waals surface area contributed by atoms with Crippen molar-refractivity contribution in [1.29, 1.82) is 0 Å². The number of nitrogens with zero attached hydrogens (tertiary/aromatic N) is 1. The van der Waals surface area contributed by atoms with Crippen molar-refractivity contribution in [1.82, 2.24) is 10.3 Å². The SMILES string of the molecule is CCNCCCc1ncc(-c2cc(OC)cs2)o1. The number of rotatable bonds is 7. The molecule has 0 aromatic carbocycles. The number of aromatic nitrogens is 1. The van der Waals surface area contributed by atoms with Gasteiger partial charge in [0.1, 0.15) is 5.75 Å². The summed E-state index contributed by atoms with van der Waals surface area (Å²) < 4.78 is 10.9. The summed E-state index contributed by atoms with van der Waals surface area (Å²) in [6, 6.07) is 1.97. The predicted octanol–water partition coefficient (Wildman–Crippen LogP) is 2.95. The smallest absolute Gasteiger partial charge is 0.194 e. The maximum Gasteiger partial charge on any atom is 0.194 e. The van der Waals surface area contributed by atoms with Gasteiger partial charge in [0.25, 0.3) is 0 Å². The first-order valence-corrected chi connectivity index (χ1v) is 6.99. The van der Waals surface area contributed by atoms with Crippen molar-refractivity contribution in [3.8, 4) is 16.4 Å². The largest absolute Gasteiger partial charge is 0.496 e. The summed E-state index contributed by atoms with van der Waals surface area (Å²) in [6.45, 7) is 4.11. The number of nitrogens with one attached hydrogen (secondary N) is 1. The lowest BCUT2D eigenvalue weighted by Gasteiger charge is -1.98. The van der Waals surface area contributed by atoms with Gasteiger partial charge in [0.15, 0.2) is 11.7 Å². The minimum Gasteiger partial charge on any atom is -0.496 e. The fraction of sp³-hybridized carbons (Fsp3) is 0.462. The first kappa shape index (κ1) is 13.1. The molecule has 0 bridgehead atoms. The van der Waals surface area contributed by atoms with Gasteiger partial charge in [0, 0.05) is 17.9 Å². The number of ether oxygens (including phenoxy) is 1. The van der Waals surface area contributed by atoms with Gasteiger partial charge < -0.3 is 14.5 Å². The molecule has 18 heavy (non-hydrogen) atoms. The molecule has 0 fully saturated rings. The molecule has 98 valence electrons. The Labute approximate surface area is 111 Å². The second-order valence-corrected chi connectivity index (χ2v) is 4.84. The third kappa shape index (κ3) is 3.34. The van der Waals surface area contributed by atoms with E-state index in [9.17, 15) is 0 Å². The van der Waals surface area contributed by atoms with Crippen LogP contribution in [0.3, 0.4) is 0 Å². The summed E-state index contributed by atoms with van der Waals surface area (Å²) in [5, 5.41) is 5.25. The van der Waals surface area contributed by atoms with Gasteiger partial charge >= 0.3 is 0 Å². The van der Waals surface area contributed by atoms with Crippen LogP contribution in [-0.2, 0) is 6.42 Å². The molecule has 1 N–H and O–H groups in total. The molecule has 0 aliphatic rings. The van der Waals surface area contributed by atoms with E-state index in [0.717, 1.165) is 48.2 Å². The molecule has 0 spiro atoms. The molecule has 0 atom stereocenters. The Bertz CT molecular complexity index is 479. The molecule has 0 unspecified atom stereocenters. The van der Waals surface area contributed by atoms with Crippen LogP contribution in [-0.4, -0.2) is 25.2 Å². The van der Waals surface area contributed by atoms with E-state index in [1.165, 1.54) is 0 Å². The van der Waals surface area contributed by atoms with E-state index in [1.54, 1.807) is 24.6 Å². The lowest BCUT2D eigenvalue weighted by Crippen LogP contribution is -2.14. The van der Waals surface area contributed by atoms with E-state index in [2.05, 4.69) is 17.2 Å². The summed E-state index contributed by atoms with van der Waals surface area (Å²) in [5.74, 6) is 2.48. The van der Waals surface area contributed by atoms with Crippen molar-refractivity contribution in [2.45, 2.75) is 19.8 Å². The molecule has 2 heterocycles. The van der Waals surface area contributed by atoms with Gasteiger partial charge in [0.05, 0.1) is 18.2 Å². The normalized spacial score (nSPS) is 10.8. The van der Waals surface area contributed by atoms with Crippen molar-refractivity contribution < 1.29 is 9.15 Å². The minimum atomic E-state index is 0.801. The topological polar surface area (TPSA) is 47.3 Å². The fourth-order valence-corrected chi connectivity index (χ4v) is 2.44. The first-order valence-electron chi connectivity index (χ1n) is 6.11. The Morgan fingerprint density at radius 1 is 1.50 bits per heavy atom. The lowest BCUT2D eigenvalue weighted by molar-refractivity contribution is 0.416. The molecule has 0 saturated heterocycles. The van der Waals surface area contributed by atoms with Crippen LogP contribution < -0.4 is 10.1 Å². The van der Waals surface area contributed by atoms with E-state index < -0.39 is 0 Å². The third-order valence-electron chi connectivity index (χ3n) is 2.60. The highest BCUT2D eigenvalue weighted by Crippen LogP contribution is 2.31. The molecule has 2 aromatic heterocycles. The van der Waals surface area contributed by atoms with Crippen LogP contribution in [0, 0.1) is 0 Å². The number of hydrogen-bond donors (Lipinski definition) is 1. The van der Waals surface area contributed by atoms with Crippen molar-refractivity contribution in [3.63, 3.8) is 0 Å². The Morgan fingerprint density at radius 3 is 3.11 bits per heavy atom. The second kappa shape index (κ2) is 6.56. The molecule has 2 aromatic rings. The molecular formula is C13H18N2O2S. The monoisotopic (exact) mass is 266 g/mol. The molecule has 0 amide bonds. The molecule has 0 aliphatic carbocycles. The standard InChI is InChI=1S/C13H18N2O2S/c1-3-14-6-4-5-13-15-8-11(17-13)12-7-10(16-2)9-18-12/h7-9,14H,3-6H2,1-2H3. The van der Waals surface area contributed by atoms with Gasteiger partial charge in [-0.2, -0.15) is 0 Å². The highest BCUT2D eigenvalue weighted by Gasteiger charge is 2.09. The summed E-state index contributed by atoms with van der Waals surface area (Å²) in [7, 11) is 1.67. The number of thiophene rings is 1. The summed E-state index contributed by atoms with van der Waals surface area (Å²) in [4.78, 5) is 5.35. The molecule has 0 aliphatic heterocycles. The van der Waals surface area contributed by atoms with E-state index >= 15 is 0 Å². The van der Waals surface area contributed by atoms with E-state index in [1.807, 2.05) is 11.4 Å². The summed E-state index contributed by atoms with van der Waals surface area (Å²) in [5.41, 5.74) is 0. The van der Waals surface area contributed by atoms with Gasteiger partial charge in [-0.25, -0.2) is 4.98 Å². The molecule has 0 saturated carbocycles. The summed E-state index contributed by atoms with van der Waals surface area (Å²) in [6.07, 6.45) is 3.70. The quantitative estimate of drug-likeness (QED) is 0.783. The predicted molar refractivity (Wildman–Crippen MR) is 73.2 cm³/mol. The maximum absolute atomic E-state index is 5.72. The highest BCUT2D eigenvalue weighted by atomic mass is 32.1. The van der Waals surface area contributed by atoms with Crippen LogP contribution in [0.5, 0.6) is 5.75 Å². The van der Waals surface area contributed by atoms with Gasteiger partial charge in [-0.15, -0.1) is 11.3 Å². The van der Waals surface area contributed by atoms with Crippen LogP contribution >= 0.6 is 11.3 Å². The molecular weight excluding hydrogens is 248 g/mol. The van der Waals surface area contributed by atoms with E-state index in [-0.39, 0.29) is 0 Å². The van der Waals surface area contributed by atoms with Crippen molar-refractivity contribution in [2.24, 2.45) is 0 Å². The highest BCUT2D eigenvalue weighted by molar-refractivity contribution is 7.13. The number of aryl methyl sites for hydroxylation is 1. The van der Waals surface area contributed by atoms with E-state index in [4.69, 9.17) is 9.15 Å². The molecule has 2 rings (SSSR count). The molecule has 0 radical (unpaired) electrons. The fourth-order valence-electron chi connectivity index (χ4n) is 1.64. The van der Waals surface area contributed by atoms with Crippen LogP contribution in [0.4, 0.5) is 0 Å². The zero-order valence-electron chi connectivity index (χ0n) is 10.7. The van der Waals surface area contributed by atoms with Gasteiger partial charge in [-0.05, 0) is 19.5 Å². The number of oxazole rings is 1. The maximum atomic E-state index is 5.72. The van der Waals surface area contributed by atoms with Crippen LogP contribution in [0.1, 0.15) is 19.2 Å². The molecule has 4 nitrogen and oxygen atoms in total. The number of methoxy groups -OCH3 is 1. The average Bonchev–Trinajstić information content (AvgIpc) is 3.03. The minimum absolute atomic E-state index is 0.801. The Morgan fingerprint density at radius 2 is 2.39 bits per heavy atom.